The molecule has 0 saturated heterocycles. The van der Waals surface area contributed by atoms with E-state index in [0.29, 0.717) is 0 Å². The molecule has 2 aliphatic rings. The molecule has 0 unspecified atom stereocenters. The zero-order valence-corrected chi connectivity index (χ0v) is 31.5. The van der Waals surface area contributed by atoms with Gasteiger partial charge < -0.3 is 37.4 Å². The molecule has 4 aromatic carbocycles. The lowest BCUT2D eigenvalue weighted by Crippen LogP contribution is -2.48. The first-order valence-electron chi connectivity index (χ1n) is 17.5. The zero-order valence-electron chi connectivity index (χ0n) is 31.5. The van der Waals surface area contributed by atoms with Crippen molar-refractivity contribution in [2.75, 3.05) is 83.9 Å². The minimum atomic E-state index is 0.245. The van der Waals surface area contributed by atoms with E-state index in [1.54, 1.807) is 42.7 Å². The Kier molecular flexibility index (Phi) is 9.98. The molecule has 50 heavy (non-hydrogen) atoms. The van der Waals surface area contributed by atoms with Gasteiger partial charge in [-0.05, 0) is 70.8 Å². The lowest BCUT2D eigenvalue weighted by molar-refractivity contribution is -0.923. The Morgan fingerprint density at radius 3 is 1.14 bits per heavy atom. The van der Waals surface area contributed by atoms with E-state index in [4.69, 9.17) is 28.4 Å². The second-order valence-corrected chi connectivity index (χ2v) is 14.8. The van der Waals surface area contributed by atoms with E-state index in [9.17, 15) is 0 Å². The molecular formula is C42H54N2O6+2. The number of hydrogen-bond acceptors (Lipinski definition) is 6. The van der Waals surface area contributed by atoms with Gasteiger partial charge in [0.05, 0.1) is 83.9 Å². The van der Waals surface area contributed by atoms with Crippen molar-refractivity contribution in [2.24, 2.45) is 0 Å². The minimum Gasteiger partial charge on any atom is -0.496 e. The molecular weight excluding hydrogens is 628 g/mol. The van der Waals surface area contributed by atoms with Gasteiger partial charge in [0.15, 0.2) is 23.0 Å². The van der Waals surface area contributed by atoms with Crippen LogP contribution in [0.3, 0.4) is 0 Å². The normalized spacial score (nSPS) is 18.8. The smallest absolute Gasteiger partial charge is 0.161 e. The highest BCUT2D eigenvalue weighted by Gasteiger charge is 2.38. The van der Waals surface area contributed by atoms with Crippen LogP contribution in [0.25, 0.3) is 11.1 Å². The first-order valence-corrected chi connectivity index (χ1v) is 17.5. The van der Waals surface area contributed by atoms with Crippen LogP contribution in [0.15, 0.2) is 60.7 Å². The third-order valence-corrected chi connectivity index (χ3v) is 11.3. The molecule has 0 saturated carbocycles. The van der Waals surface area contributed by atoms with Crippen LogP contribution in [-0.2, 0) is 25.7 Å². The van der Waals surface area contributed by atoms with Gasteiger partial charge in [-0.15, -0.1) is 0 Å². The van der Waals surface area contributed by atoms with Gasteiger partial charge in [-0.3, -0.25) is 0 Å². The van der Waals surface area contributed by atoms with E-state index < -0.39 is 0 Å². The summed E-state index contributed by atoms with van der Waals surface area (Å²) in [4.78, 5) is 0. The summed E-state index contributed by atoms with van der Waals surface area (Å²) in [6.07, 6.45) is 3.73. The predicted molar refractivity (Wildman–Crippen MR) is 198 cm³/mol. The number of hydrogen-bond donors (Lipinski definition) is 0. The first-order chi connectivity index (χ1) is 24.0. The molecule has 8 nitrogen and oxygen atoms in total. The molecule has 2 aliphatic heterocycles. The molecule has 0 fully saturated rings. The molecule has 0 bridgehead atoms. The Bertz CT molecular complexity index is 1730. The third-order valence-electron chi connectivity index (χ3n) is 11.3. The van der Waals surface area contributed by atoms with E-state index in [0.717, 1.165) is 93.4 Å². The van der Waals surface area contributed by atoms with Crippen LogP contribution in [-0.4, -0.2) is 92.9 Å². The van der Waals surface area contributed by atoms with Gasteiger partial charge in [-0.1, -0.05) is 12.1 Å². The molecule has 8 heteroatoms. The van der Waals surface area contributed by atoms with Crippen LogP contribution in [0, 0.1) is 0 Å². The fourth-order valence-electron chi connectivity index (χ4n) is 8.15. The number of quaternary nitrogens is 2. The minimum absolute atomic E-state index is 0.245. The van der Waals surface area contributed by atoms with Gasteiger partial charge in [-0.25, -0.2) is 0 Å². The van der Waals surface area contributed by atoms with E-state index in [2.05, 4.69) is 88.9 Å². The maximum Gasteiger partial charge on any atom is 0.161 e. The van der Waals surface area contributed by atoms with Crippen molar-refractivity contribution in [1.29, 1.82) is 0 Å². The fraction of sp³-hybridized carbons (Fsp3) is 0.429. The molecule has 0 N–H and O–H groups in total. The number of ether oxygens (including phenoxy) is 6. The summed E-state index contributed by atoms with van der Waals surface area (Å²) >= 11 is 0. The van der Waals surface area contributed by atoms with Crippen LogP contribution >= 0.6 is 0 Å². The Balaban J connectivity index is 1.39. The number of rotatable bonds is 11. The van der Waals surface area contributed by atoms with Gasteiger partial charge in [-0.2, -0.15) is 0 Å². The Hall–Kier alpha value is -4.40. The number of methoxy groups -OCH3 is 6. The Morgan fingerprint density at radius 1 is 0.460 bits per heavy atom. The average Bonchev–Trinajstić information content (AvgIpc) is 3.12. The lowest BCUT2D eigenvalue weighted by atomic mass is 9.85. The summed E-state index contributed by atoms with van der Waals surface area (Å²) in [5.41, 5.74) is 9.84. The second-order valence-electron chi connectivity index (χ2n) is 14.8. The zero-order chi connectivity index (χ0) is 35.8. The van der Waals surface area contributed by atoms with Crippen molar-refractivity contribution < 1.29 is 37.4 Å². The first kappa shape index (κ1) is 35.4. The maximum atomic E-state index is 6.00. The Morgan fingerprint density at radius 2 is 0.800 bits per heavy atom. The quantitative estimate of drug-likeness (QED) is 0.156. The van der Waals surface area contributed by atoms with Crippen molar-refractivity contribution in [1.82, 2.24) is 0 Å². The Labute approximate surface area is 298 Å². The second kappa shape index (κ2) is 14.1. The molecule has 266 valence electrons. The predicted octanol–water partition coefficient (Wildman–Crippen LogP) is 7.24. The van der Waals surface area contributed by atoms with Gasteiger partial charge in [0, 0.05) is 47.9 Å². The van der Waals surface area contributed by atoms with E-state index in [1.165, 1.54) is 33.4 Å². The SMILES string of the molecule is COc1cc2c(cc1OC)[C@@H](Cc1ccc(OC)c(-c3cc(C[C@@H]4c5cc(OC)c(OC)cc5CC[N+]4(C)C)ccc3OC)c1)[N+](C)(C)CC2. The number of benzene rings is 4. The fourth-order valence-corrected chi connectivity index (χ4v) is 8.15. The highest BCUT2D eigenvalue weighted by Crippen LogP contribution is 2.45. The number of nitrogens with zero attached hydrogens (tertiary/aromatic N) is 2. The van der Waals surface area contributed by atoms with Crippen molar-refractivity contribution in [3.8, 4) is 45.6 Å². The van der Waals surface area contributed by atoms with E-state index in [1.807, 2.05) is 0 Å². The van der Waals surface area contributed by atoms with Gasteiger partial charge in [0.25, 0.3) is 0 Å². The summed E-state index contributed by atoms with van der Waals surface area (Å²) in [6.45, 7) is 2.09. The molecule has 0 amide bonds. The highest BCUT2D eigenvalue weighted by molar-refractivity contribution is 5.77. The standard InChI is InChI=1S/C42H54N2O6/c1-43(2)17-15-29-23-39(47-7)41(49-9)25-31(29)35(43)21-27-11-13-37(45-5)33(19-27)34-20-28(12-14-38(34)46-6)22-36-32-26-42(50-10)40(48-8)24-30(32)16-18-44(36,3)4/h11-14,19-20,23-26,35-36H,15-18,21-22H2,1-10H3/q+2/t35-,36-/m1/s1. The molecule has 0 radical (unpaired) electrons. The summed E-state index contributed by atoms with van der Waals surface area (Å²) in [5.74, 6) is 4.77. The summed E-state index contributed by atoms with van der Waals surface area (Å²) in [5, 5.41) is 0. The summed E-state index contributed by atoms with van der Waals surface area (Å²) in [7, 11) is 19.6. The number of likely N-dealkylation sites (N-methyl/N-ethyl adjacent to an activating group) is 2. The molecule has 6 rings (SSSR count). The van der Waals surface area contributed by atoms with Crippen LogP contribution in [0.2, 0.25) is 0 Å². The molecule has 0 aliphatic carbocycles. The van der Waals surface area contributed by atoms with Crippen molar-refractivity contribution >= 4 is 0 Å². The topological polar surface area (TPSA) is 55.4 Å². The van der Waals surface area contributed by atoms with Gasteiger partial charge in [0.2, 0.25) is 0 Å². The monoisotopic (exact) mass is 682 g/mol. The summed E-state index contributed by atoms with van der Waals surface area (Å²) < 4.78 is 36.6. The van der Waals surface area contributed by atoms with Crippen molar-refractivity contribution in [3.63, 3.8) is 0 Å². The molecule has 4 aromatic rings. The highest BCUT2D eigenvalue weighted by atomic mass is 16.5. The maximum absolute atomic E-state index is 6.00. The van der Waals surface area contributed by atoms with Gasteiger partial charge in [0.1, 0.15) is 23.6 Å². The molecule has 2 heterocycles. The van der Waals surface area contributed by atoms with Crippen LogP contribution in [0.1, 0.15) is 45.5 Å². The van der Waals surface area contributed by atoms with Crippen LogP contribution < -0.4 is 28.4 Å². The largest absolute Gasteiger partial charge is 0.496 e. The molecule has 0 spiro atoms. The lowest BCUT2D eigenvalue weighted by Gasteiger charge is -2.43. The van der Waals surface area contributed by atoms with Crippen LogP contribution in [0.4, 0.5) is 0 Å². The molecule has 0 aromatic heterocycles. The average molecular weight is 683 g/mol. The third kappa shape index (κ3) is 6.59. The number of fused-ring (bicyclic) bond motifs is 2. The van der Waals surface area contributed by atoms with Crippen LogP contribution in [0.5, 0.6) is 34.5 Å². The van der Waals surface area contributed by atoms with Gasteiger partial charge >= 0.3 is 0 Å². The summed E-state index contributed by atoms with van der Waals surface area (Å²) in [6, 6.07) is 22.4. The van der Waals surface area contributed by atoms with E-state index in [-0.39, 0.29) is 12.1 Å². The van der Waals surface area contributed by atoms with Crippen molar-refractivity contribution in [3.05, 3.63) is 94.0 Å². The van der Waals surface area contributed by atoms with E-state index >= 15 is 0 Å². The molecule has 2 atom stereocenters. The van der Waals surface area contributed by atoms with Crippen molar-refractivity contribution in [2.45, 2.75) is 37.8 Å².